The number of carbonyl (C=O) groups excluding carboxylic acids is 5. The number of amides is 2. The van der Waals surface area contributed by atoms with Crippen LogP contribution in [0, 0.1) is 0 Å². The van der Waals surface area contributed by atoms with Gasteiger partial charge in [-0.1, -0.05) is 76.5 Å². The number of fused-ring (bicyclic) bond motifs is 2. The van der Waals surface area contributed by atoms with Crippen LogP contribution < -0.4 is 21.3 Å². The average Bonchev–Trinajstić information content (AvgIpc) is 3.86. The second kappa shape index (κ2) is 49.0. The standard InChI is InChI=1S/C15H28N2O4.C13H23NO4.C11H18N2O2.C9H18.2C2H4.CH4/c1-13(8-12-21-15(19)7-10-17-3)5-4-11-20-14(18)6-9-16-2;1-4-12-6-7-13(18-12,10(9-12)16-3)17-11(15)5-8-14-2;1-4-7-10(14)12-9-13(6-3)11(15)8-5-2;1-4-6-8-9(3)7-5-2;2*1-2;/h5,16-17H,4,6-12H2,1-3H3;10,14H,4-9H2,1-3H3;4-5,7-8H,6,9H2,1-3H3,(H,12,14);8H,4-7H2,1-3H3;2*1-2H2;1H4/b13-5-;;7-4-,8-5+;9-8-;;;. The molecule has 2 fully saturated rings. The highest BCUT2D eigenvalue weighted by atomic mass is 16.8. The molecule has 2 aliphatic heterocycles. The third kappa shape index (κ3) is 36.6. The zero-order valence-electron chi connectivity index (χ0n) is 44.0. The van der Waals surface area contributed by atoms with Gasteiger partial charge in [0.1, 0.15) is 6.10 Å². The summed E-state index contributed by atoms with van der Waals surface area (Å²) in [6, 6.07) is 0. The van der Waals surface area contributed by atoms with Crippen LogP contribution in [0.5, 0.6) is 0 Å². The van der Waals surface area contributed by atoms with Gasteiger partial charge in [0.25, 0.3) is 0 Å². The molecule has 4 N–H and O–H groups in total. The predicted octanol–water partition coefficient (Wildman–Crippen LogP) is 9.07. The van der Waals surface area contributed by atoms with Crippen molar-refractivity contribution < 1.29 is 47.7 Å². The molecule has 2 aliphatic rings. The summed E-state index contributed by atoms with van der Waals surface area (Å²) in [7, 11) is 7.06. The molecule has 2 bridgehead atoms. The lowest BCUT2D eigenvalue weighted by molar-refractivity contribution is -0.243. The zero-order chi connectivity index (χ0) is 51.9. The molecule has 2 saturated heterocycles. The highest BCUT2D eigenvalue weighted by Gasteiger charge is 2.63. The number of esters is 3. The maximum Gasteiger partial charge on any atom is 0.309 e. The van der Waals surface area contributed by atoms with E-state index in [1.807, 2.05) is 27.0 Å². The molecule has 0 spiro atoms. The number of rotatable bonds is 27. The highest BCUT2D eigenvalue weighted by Crippen LogP contribution is 2.54. The van der Waals surface area contributed by atoms with Gasteiger partial charge in [0.05, 0.1) is 44.7 Å². The maximum absolute atomic E-state index is 11.8. The minimum atomic E-state index is -0.838. The maximum atomic E-state index is 11.8. The molecule has 0 aromatic carbocycles. The first-order valence-corrected chi connectivity index (χ1v) is 24.0. The fraction of sp³-hybridized carbons (Fsp3) is 0.679. The lowest BCUT2D eigenvalue weighted by Gasteiger charge is -2.31. The number of likely N-dealkylation sites (N-methyl/N-ethyl adjacent to an activating group) is 1. The smallest absolute Gasteiger partial charge is 0.309 e. The van der Waals surface area contributed by atoms with Crippen LogP contribution in [0.4, 0.5) is 0 Å². The van der Waals surface area contributed by atoms with Crippen LogP contribution in [0.25, 0.3) is 0 Å². The molecular formula is C53H99N5O10. The highest BCUT2D eigenvalue weighted by molar-refractivity contribution is 5.89. The Bertz CT molecular complexity index is 1430. The normalized spacial score (nSPS) is 17.7. The van der Waals surface area contributed by atoms with Gasteiger partial charge >= 0.3 is 17.9 Å². The molecule has 15 heteroatoms. The molecule has 0 aliphatic carbocycles. The van der Waals surface area contributed by atoms with E-state index in [2.05, 4.69) is 81.4 Å². The Kier molecular flexibility index (Phi) is 52.3. The van der Waals surface area contributed by atoms with Gasteiger partial charge in [-0.3, -0.25) is 24.0 Å². The van der Waals surface area contributed by atoms with Crippen LogP contribution in [-0.2, 0) is 47.7 Å². The first-order chi connectivity index (χ1) is 32.1. The fourth-order valence-electron chi connectivity index (χ4n) is 6.37. The number of carbonyl (C=O) groups is 5. The van der Waals surface area contributed by atoms with Crippen molar-refractivity contribution in [1.82, 2.24) is 26.2 Å². The number of methoxy groups -OCH3 is 1. The number of ether oxygens (including phenoxy) is 5. The van der Waals surface area contributed by atoms with Gasteiger partial charge in [0, 0.05) is 52.6 Å². The second-order valence-electron chi connectivity index (χ2n) is 15.4. The molecule has 0 aromatic rings. The van der Waals surface area contributed by atoms with Gasteiger partial charge in [-0.15, -0.1) is 26.3 Å². The van der Waals surface area contributed by atoms with Crippen LogP contribution >= 0.6 is 0 Å². The molecular weight excluding hydrogens is 867 g/mol. The van der Waals surface area contributed by atoms with Crippen LogP contribution in [0.3, 0.4) is 0 Å². The van der Waals surface area contributed by atoms with Crippen LogP contribution in [0.15, 0.2) is 73.9 Å². The van der Waals surface area contributed by atoms with E-state index in [0.717, 1.165) is 31.3 Å². The minimum Gasteiger partial charge on any atom is -0.465 e. The summed E-state index contributed by atoms with van der Waals surface area (Å²) in [4.78, 5) is 58.3. The Hall–Kier alpha value is -4.41. The van der Waals surface area contributed by atoms with Crippen LogP contribution in [0.1, 0.15) is 146 Å². The molecule has 2 rings (SSSR count). The number of allylic oxidation sites excluding steroid dienone is 4. The lowest BCUT2D eigenvalue weighted by Crippen LogP contribution is -2.44. The topological polar surface area (TPSA) is 183 Å². The summed E-state index contributed by atoms with van der Waals surface area (Å²) in [6.07, 6.45) is 21.5. The number of hydrogen-bond donors (Lipinski definition) is 4. The first-order valence-electron chi connectivity index (χ1n) is 24.0. The SMILES string of the molecule is C.C/C=C\C(=O)NCN(CC)C(=O)/C=C/C.C=C.C=C.CCC/C=C(/C)CCC.CCC12CCC(OC(=O)CCNC)(O1)C(OC)C2.CNCCC(=O)OCC/C=C(/C)CCOC(=O)CCNC. The van der Waals surface area contributed by atoms with Crippen molar-refractivity contribution in [3.05, 3.63) is 73.9 Å². The molecule has 0 aromatic heterocycles. The van der Waals surface area contributed by atoms with E-state index >= 15 is 0 Å². The molecule has 396 valence electrons. The zero-order valence-corrected chi connectivity index (χ0v) is 44.0. The second-order valence-corrected chi connectivity index (χ2v) is 15.4. The molecule has 0 radical (unpaired) electrons. The summed E-state index contributed by atoms with van der Waals surface area (Å²) in [5, 5.41) is 11.3. The Morgan fingerprint density at radius 2 is 1.22 bits per heavy atom. The number of nitrogens with zero attached hydrogens (tertiary/aromatic N) is 1. The molecule has 68 heavy (non-hydrogen) atoms. The quantitative estimate of drug-likeness (QED) is 0.0153. The van der Waals surface area contributed by atoms with Gasteiger partial charge in [-0.25, -0.2) is 0 Å². The predicted molar refractivity (Wildman–Crippen MR) is 281 cm³/mol. The molecule has 15 nitrogen and oxygen atoms in total. The van der Waals surface area contributed by atoms with Crippen molar-refractivity contribution in [2.45, 2.75) is 164 Å². The van der Waals surface area contributed by atoms with E-state index in [1.54, 1.807) is 57.7 Å². The largest absolute Gasteiger partial charge is 0.465 e. The third-order valence-corrected chi connectivity index (χ3v) is 10.1. The van der Waals surface area contributed by atoms with Gasteiger partial charge in [0.2, 0.25) is 17.6 Å². The van der Waals surface area contributed by atoms with Crippen LogP contribution in [0.2, 0.25) is 0 Å². The van der Waals surface area contributed by atoms with Crippen molar-refractivity contribution in [1.29, 1.82) is 0 Å². The van der Waals surface area contributed by atoms with E-state index in [0.29, 0.717) is 71.5 Å². The Labute approximate surface area is 414 Å². The van der Waals surface area contributed by atoms with E-state index in [4.69, 9.17) is 23.7 Å². The third-order valence-electron chi connectivity index (χ3n) is 10.1. The summed E-state index contributed by atoms with van der Waals surface area (Å²) in [5.74, 6) is -1.72. The summed E-state index contributed by atoms with van der Waals surface area (Å²) < 4.78 is 27.3. The summed E-state index contributed by atoms with van der Waals surface area (Å²) in [6.45, 7) is 31.6. The van der Waals surface area contributed by atoms with E-state index in [9.17, 15) is 24.0 Å². The Morgan fingerprint density at radius 3 is 1.69 bits per heavy atom. The van der Waals surface area contributed by atoms with Crippen molar-refractivity contribution in [3.8, 4) is 0 Å². The van der Waals surface area contributed by atoms with Crippen molar-refractivity contribution in [2.75, 3.05) is 74.3 Å². The average molecular weight is 966 g/mol. The van der Waals surface area contributed by atoms with Crippen molar-refractivity contribution in [2.24, 2.45) is 0 Å². The van der Waals surface area contributed by atoms with E-state index < -0.39 is 5.79 Å². The minimum absolute atomic E-state index is 0. The summed E-state index contributed by atoms with van der Waals surface area (Å²) in [5.41, 5.74) is 2.53. The summed E-state index contributed by atoms with van der Waals surface area (Å²) >= 11 is 0. The van der Waals surface area contributed by atoms with Gasteiger partial charge in [-0.2, -0.15) is 0 Å². The van der Waals surface area contributed by atoms with Crippen LogP contribution in [-0.4, -0.2) is 126 Å². The van der Waals surface area contributed by atoms with E-state index in [-0.39, 0.29) is 55.5 Å². The fourth-order valence-corrected chi connectivity index (χ4v) is 6.37. The Balaban J connectivity index is -0.000000259. The monoisotopic (exact) mass is 966 g/mol. The molecule has 3 unspecified atom stereocenters. The van der Waals surface area contributed by atoms with E-state index in [1.165, 1.54) is 37.8 Å². The number of unbranched alkanes of at least 4 members (excludes halogenated alkanes) is 1. The molecule has 3 atom stereocenters. The van der Waals surface area contributed by atoms with Gasteiger partial charge in [0.15, 0.2) is 0 Å². The Morgan fingerprint density at radius 1 is 0.706 bits per heavy atom. The lowest BCUT2D eigenvalue weighted by atomic mass is 9.83. The molecule has 2 heterocycles. The number of nitrogens with one attached hydrogen (secondary N) is 4. The number of hydrogen-bond acceptors (Lipinski definition) is 13. The molecule has 0 saturated carbocycles. The van der Waals surface area contributed by atoms with Crippen molar-refractivity contribution >= 4 is 29.7 Å². The van der Waals surface area contributed by atoms with Crippen molar-refractivity contribution in [3.63, 3.8) is 0 Å². The van der Waals surface area contributed by atoms with Gasteiger partial charge in [-0.05, 0) is 100 Å². The first kappa shape index (κ1) is 72.6. The molecule has 2 amide bonds. The van der Waals surface area contributed by atoms with Gasteiger partial charge < -0.3 is 49.9 Å².